The molecule has 41 heavy (non-hydrogen) atoms. The minimum absolute atomic E-state index is 0.0450. The monoisotopic (exact) mass is 559 g/mol. The molecule has 1 saturated carbocycles. The smallest absolute Gasteiger partial charge is 0.269 e. The number of carbonyl (C=O) groups is 3. The second-order valence-corrected chi connectivity index (χ2v) is 10.5. The standard InChI is InChI=1S/C29H25N3O9/c1-31(2)23-18-12-15-11-17-14(6-3-13-4-8-16(9-5-13)32(40)41)7-10-19(33)21(17)24(34)20(15)26(36)29(18,39)27(37)22(25(23)35)28(30)38/h4-5,7-10,15,18,23,33-34,37,39H,11-12H2,1-2H3,(H2,30,38)/t15-,18-,23-,29-/m0/s1. The molecular formula is C29H25N3O9. The molecule has 210 valence electrons. The molecule has 0 saturated heterocycles. The number of hydrogen-bond donors (Lipinski definition) is 5. The third-order valence-corrected chi connectivity index (χ3v) is 8.02. The first kappa shape index (κ1) is 27.6. The molecule has 0 bridgehead atoms. The quantitative estimate of drug-likeness (QED) is 0.158. The number of primary amides is 1. The van der Waals surface area contributed by atoms with Gasteiger partial charge in [-0.3, -0.25) is 29.4 Å². The summed E-state index contributed by atoms with van der Waals surface area (Å²) in [5.41, 5.74) is 2.63. The lowest BCUT2D eigenvalue weighted by Crippen LogP contribution is -2.65. The predicted molar refractivity (Wildman–Crippen MR) is 143 cm³/mol. The van der Waals surface area contributed by atoms with E-state index in [0.29, 0.717) is 16.7 Å². The molecule has 1 fully saturated rings. The number of fused-ring (bicyclic) bond motifs is 3. The Morgan fingerprint density at radius 2 is 1.76 bits per heavy atom. The van der Waals surface area contributed by atoms with Crippen LogP contribution in [0.3, 0.4) is 0 Å². The van der Waals surface area contributed by atoms with Crippen LogP contribution in [-0.2, 0) is 20.8 Å². The number of Topliss-reactive ketones (excluding diaryl/α,β-unsaturated/α-hetero) is 2. The van der Waals surface area contributed by atoms with Crippen LogP contribution < -0.4 is 5.73 Å². The van der Waals surface area contributed by atoms with Gasteiger partial charge in [0.2, 0.25) is 5.78 Å². The van der Waals surface area contributed by atoms with Gasteiger partial charge in [-0.15, -0.1) is 0 Å². The van der Waals surface area contributed by atoms with E-state index in [1.165, 1.54) is 55.4 Å². The summed E-state index contributed by atoms with van der Waals surface area (Å²) in [4.78, 5) is 51.0. The first-order chi connectivity index (χ1) is 19.3. The zero-order valence-electron chi connectivity index (χ0n) is 21.9. The number of hydrogen-bond acceptors (Lipinski definition) is 10. The van der Waals surface area contributed by atoms with E-state index < -0.39 is 63.0 Å². The van der Waals surface area contributed by atoms with Crippen LogP contribution in [-0.4, -0.2) is 73.5 Å². The number of nitro groups is 1. The number of nitro benzene ring substituents is 1. The summed E-state index contributed by atoms with van der Waals surface area (Å²) in [6.45, 7) is 0. The Kier molecular flexibility index (Phi) is 6.44. The molecule has 2 aromatic rings. The summed E-state index contributed by atoms with van der Waals surface area (Å²) >= 11 is 0. The number of aliphatic hydroxyl groups is 3. The number of ketones is 2. The molecule has 3 aliphatic carbocycles. The van der Waals surface area contributed by atoms with Gasteiger partial charge in [0.15, 0.2) is 11.4 Å². The van der Waals surface area contributed by atoms with Crippen molar-refractivity contribution in [1.82, 2.24) is 4.90 Å². The van der Waals surface area contributed by atoms with Crippen molar-refractivity contribution in [2.45, 2.75) is 24.5 Å². The molecule has 6 N–H and O–H groups in total. The average Bonchev–Trinajstić information content (AvgIpc) is 2.90. The van der Waals surface area contributed by atoms with E-state index in [4.69, 9.17) is 5.73 Å². The van der Waals surface area contributed by atoms with Gasteiger partial charge in [-0.2, -0.15) is 0 Å². The second kappa shape index (κ2) is 9.58. The van der Waals surface area contributed by atoms with Crippen LogP contribution in [0.2, 0.25) is 0 Å². The lowest BCUT2D eigenvalue weighted by Gasteiger charge is -2.50. The lowest BCUT2D eigenvalue weighted by molar-refractivity contribution is -0.384. The van der Waals surface area contributed by atoms with E-state index >= 15 is 0 Å². The van der Waals surface area contributed by atoms with Crippen molar-refractivity contribution in [3.8, 4) is 17.6 Å². The maximum Gasteiger partial charge on any atom is 0.269 e. The van der Waals surface area contributed by atoms with E-state index in [-0.39, 0.29) is 35.4 Å². The van der Waals surface area contributed by atoms with Gasteiger partial charge in [0.05, 0.1) is 16.5 Å². The summed E-state index contributed by atoms with van der Waals surface area (Å²) in [6.07, 6.45) is 0.0455. The Labute approximate surface area is 233 Å². The summed E-state index contributed by atoms with van der Waals surface area (Å²) in [5, 5.41) is 55.4. The molecule has 3 aliphatic rings. The van der Waals surface area contributed by atoms with Crippen LogP contribution in [0.1, 0.15) is 28.7 Å². The Balaban J connectivity index is 1.64. The number of phenols is 1. The van der Waals surface area contributed by atoms with Crippen molar-refractivity contribution in [2.24, 2.45) is 17.6 Å². The molecule has 12 heteroatoms. The molecule has 0 aromatic heterocycles. The number of benzene rings is 2. The minimum Gasteiger partial charge on any atom is -0.508 e. The first-order valence-electron chi connectivity index (χ1n) is 12.5. The highest BCUT2D eigenvalue weighted by atomic mass is 16.6. The van der Waals surface area contributed by atoms with Crippen LogP contribution >= 0.6 is 0 Å². The van der Waals surface area contributed by atoms with Crippen molar-refractivity contribution in [3.05, 3.63) is 85.7 Å². The molecule has 12 nitrogen and oxygen atoms in total. The van der Waals surface area contributed by atoms with Crippen LogP contribution in [0, 0.1) is 33.8 Å². The molecule has 0 unspecified atom stereocenters. The molecule has 0 heterocycles. The molecule has 0 spiro atoms. The summed E-state index contributed by atoms with van der Waals surface area (Å²) in [7, 11) is 3.05. The third-order valence-electron chi connectivity index (χ3n) is 8.02. The van der Waals surface area contributed by atoms with Gasteiger partial charge in [0.25, 0.3) is 11.6 Å². The first-order valence-corrected chi connectivity index (χ1v) is 12.5. The van der Waals surface area contributed by atoms with Gasteiger partial charge in [-0.1, -0.05) is 11.8 Å². The molecule has 0 radical (unpaired) electrons. The van der Waals surface area contributed by atoms with Gasteiger partial charge in [0.1, 0.15) is 22.8 Å². The number of carbonyl (C=O) groups excluding carboxylic acids is 3. The van der Waals surface area contributed by atoms with Crippen LogP contribution in [0.15, 0.2) is 53.3 Å². The number of amides is 1. The van der Waals surface area contributed by atoms with E-state index in [0.717, 1.165) is 0 Å². The van der Waals surface area contributed by atoms with Crippen molar-refractivity contribution in [3.63, 3.8) is 0 Å². The highest BCUT2D eigenvalue weighted by Crippen LogP contribution is 2.52. The Bertz CT molecular complexity index is 1680. The summed E-state index contributed by atoms with van der Waals surface area (Å²) in [6, 6.07) is 7.22. The fourth-order valence-corrected chi connectivity index (χ4v) is 6.17. The molecule has 2 aromatic carbocycles. The highest BCUT2D eigenvalue weighted by Gasteiger charge is 2.64. The largest absolute Gasteiger partial charge is 0.508 e. The number of phenolic OH excluding ortho intramolecular Hbond substituents is 1. The van der Waals surface area contributed by atoms with Crippen molar-refractivity contribution in [1.29, 1.82) is 0 Å². The highest BCUT2D eigenvalue weighted by molar-refractivity contribution is 6.24. The molecular weight excluding hydrogens is 534 g/mol. The van der Waals surface area contributed by atoms with Crippen molar-refractivity contribution in [2.75, 3.05) is 14.1 Å². The molecule has 1 amide bonds. The number of rotatable bonds is 3. The van der Waals surface area contributed by atoms with Crippen LogP contribution in [0.4, 0.5) is 5.69 Å². The Morgan fingerprint density at radius 1 is 1.10 bits per heavy atom. The molecule has 4 atom stereocenters. The van der Waals surface area contributed by atoms with E-state index in [1.54, 1.807) is 0 Å². The van der Waals surface area contributed by atoms with Gasteiger partial charge in [-0.25, -0.2) is 0 Å². The number of nitrogens with zero attached hydrogens (tertiary/aromatic N) is 2. The van der Waals surface area contributed by atoms with E-state index in [1.807, 2.05) is 0 Å². The fourth-order valence-electron chi connectivity index (χ4n) is 6.17. The topological polar surface area (TPSA) is 205 Å². The van der Waals surface area contributed by atoms with Crippen LogP contribution in [0.25, 0.3) is 5.76 Å². The second-order valence-electron chi connectivity index (χ2n) is 10.5. The van der Waals surface area contributed by atoms with Crippen LogP contribution in [0.5, 0.6) is 5.75 Å². The lowest BCUT2D eigenvalue weighted by atomic mass is 9.57. The zero-order chi connectivity index (χ0) is 30.0. The zero-order valence-corrected chi connectivity index (χ0v) is 21.9. The fraction of sp³-hybridized carbons (Fsp3) is 0.276. The molecule has 0 aliphatic heterocycles. The van der Waals surface area contributed by atoms with Gasteiger partial charge >= 0.3 is 0 Å². The number of nitrogens with two attached hydrogens (primary N) is 1. The van der Waals surface area contributed by atoms with Gasteiger partial charge in [-0.05, 0) is 62.7 Å². The average molecular weight is 560 g/mol. The normalized spacial score (nSPS) is 25.2. The van der Waals surface area contributed by atoms with Gasteiger partial charge in [0, 0.05) is 34.8 Å². The number of aromatic hydroxyl groups is 1. The summed E-state index contributed by atoms with van der Waals surface area (Å²) in [5.74, 6) is -1.42. The van der Waals surface area contributed by atoms with Crippen molar-refractivity contribution < 1.29 is 39.7 Å². The van der Waals surface area contributed by atoms with Gasteiger partial charge < -0.3 is 26.2 Å². The summed E-state index contributed by atoms with van der Waals surface area (Å²) < 4.78 is 0. The number of non-ortho nitro benzene ring substituents is 1. The number of likely N-dealkylation sites (N-methyl/N-ethyl adjacent to an activating group) is 1. The predicted octanol–water partition coefficient (Wildman–Crippen LogP) is 1.27. The number of aliphatic hydroxyl groups excluding tert-OH is 2. The minimum atomic E-state index is -2.71. The Hall–Kier alpha value is -4.99. The SMILES string of the molecule is CN(C)[C@@H]1C(=O)C(C(N)=O)=C(O)[C@@]2(O)C(=O)C3=C(O)c4c(O)ccc(C#Cc5ccc([N+](=O)[O-])cc5)c4C[C@H]3C[C@@H]12. The molecule has 5 rings (SSSR count). The Morgan fingerprint density at radius 3 is 2.34 bits per heavy atom. The van der Waals surface area contributed by atoms with E-state index in [9.17, 15) is 44.9 Å². The maximum absolute atomic E-state index is 13.9. The van der Waals surface area contributed by atoms with E-state index in [2.05, 4.69) is 11.8 Å². The maximum atomic E-state index is 13.9. The van der Waals surface area contributed by atoms with Crippen molar-refractivity contribution >= 4 is 28.9 Å². The third kappa shape index (κ3) is 4.05.